The number of hydrogen-bond acceptors (Lipinski definition) is 6. The number of hydrogen-bond donors (Lipinski definition) is 1. The average molecular weight is 495 g/mol. The normalized spacial score (nSPS) is 16.4. The summed E-state index contributed by atoms with van der Waals surface area (Å²) in [6.07, 6.45) is 7.35. The second kappa shape index (κ2) is 10.2. The third-order valence-corrected chi connectivity index (χ3v) is 7.56. The number of rotatable bonds is 6. The van der Waals surface area contributed by atoms with Gasteiger partial charge in [-0.15, -0.1) is 0 Å². The van der Waals surface area contributed by atoms with Gasteiger partial charge in [0.2, 0.25) is 0 Å². The van der Waals surface area contributed by atoms with Crippen molar-refractivity contribution in [3.05, 3.63) is 93.8 Å². The van der Waals surface area contributed by atoms with Crippen LogP contribution in [0.2, 0.25) is 0 Å². The van der Waals surface area contributed by atoms with Crippen molar-refractivity contribution in [2.75, 3.05) is 11.3 Å². The number of amides is 1. The Bertz CT molecular complexity index is 1330. The molecule has 1 aromatic heterocycles. The van der Waals surface area contributed by atoms with E-state index in [4.69, 9.17) is 0 Å². The number of aryl methyl sites for hydroxylation is 1. The summed E-state index contributed by atoms with van der Waals surface area (Å²) in [5.74, 6) is -0.114. The molecule has 1 saturated heterocycles. The van der Waals surface area contributed by atoms with Gasteiger partial charge in [-0.3, -0.25) is 24.6 Å². The molecule has 0 aliphatic carbocycles. The number of carbonyl (C=O) groups is 1. The Morgan fingerprint density at radius 1 is 1.06 bits per heavy atom. The van der Waals surface area contributed by atoms with Gasteiger partial charge in [0.05, 0.1) is 15.9 Å². The maximum atomic E-state index is 13.4. The summed E-state index contributed by atoms with van der Waals surface area (Å²) >= 11 is 0. The van der Waals surface area contributed by atoms with E-state index in [1.807, 2.05) is 17.0 Å². The average Bonchev–Trinajstić information content (AvgIpc) is 3.10. The molecular formula is C25H26N4O5S. The van der Waals surface area contributed by atoms with Crippen LogP contribution in [0.25, 0.3) is 0 Å². The van der Waals surface area contributed by atoms with E-state index < -0.39 is 14.9 Å². The Morgan fingerprint density at radius 2 is 1.77 bits per heavy atom. The number of sulfonamides is 1. The van der Waals surface area contributed by atoms with Gasteiger partial charge in [-0.05, 0) is 67.8 Å². The van der Waals surface area contributed by atoms with Gasteiger partial charge in [-0.1, -0.05) is 18.9 Å². The Morgan fingerprint density at radius 3 is 2.46 bits per heavy atom. The van der Waals surface area contributed by atoms with Crippen LogP contribution >= 0.6 is 0 Å². The van der Waals surface area contributed by atoms with Crippen molar-refractivity contribution in [2.24, 2.45) is 0 Å². The number of nitrogens with zero attached hydrogens (tertiary/aromatic N) is 3. The minimum atomic E-state index is -4.05. The number of nitrogens with one attached hydrogen (secondary N) is 1. The van der Waals surface area contributed by atoms with E-state index in [1.165, 1.54) is 24.3 Å². The van der Waals surface area contributed by atoms with Crippen molar-refractivity contribution in [2.45, 2.75) is 43.5 Å². The molecule has 0 spiro atoms. The van der Waals surface area contributed by atoms with E-state index in [1.54, 1.807) is 31.5 Å². The Kier molecular flexibility index (Phi) is 7.11. The lowest BCUT2D eigenvalue weighted by Gasteiger charge is -2.30. The fraction of sp³-hybridized carbons (Fsp3) is 0.280. The predicted molar refractivity (Wildman–Crippen MR) is 132 cm³/mol. The van der Waals surface area contributed by atoms with Crippen LogP contribution in [0.4, 0.5) is 11.4 Å². The van der Waals surface area contributed by atoms with Crippen LogP contribution in [-0.2, 0) is 10.0 Å². The lowest BCUT2D eigenvalue weighted by Crippen LogP contribution is -2.34. The molecule has 1 N–H and O–H groups in total. The van der Waals surface area contributed by atoms with Crippen LogP contribution in [0.1, 0.15) is 53.2 Å². The van der Waals surface area contributed by atoms with E-state index in [0.29, 0.717) is 17.7 Å². The van der Waals surface area contributed by atoms with Gasteiger partial charge in [0.1, 0.15) is 0 Å². The molecule has 1 aliphatic heterocycles. The van der Waals surface area contributed by atoms with Gasteiger partial charge < -0.3 is 4.90 Å². The summed E-state index contributed by atoms with van der Waals surface area (Å²) in [6, 6.07) is 13.8. The fourth-order valence-electron chi connectivity index (χ4n) is 4.30. The minimum absolute atomic E-state index is 0.0384. The molecule has 1 atom stereocenters. The van der Waals surface area contributed by atoms with Crippen LogP contribution in [0.3, 0.4) is 0 Å². The van der Waals surface area contributed by atoms with E-state index >= 15 is 0 Å². The molecule has 182 valence electrons. The van der Waals surface area contributed by atoms with Crippen molar-refractivity contribution >= 4 is 27.3 Å². The zero-order valence-corrected chi connectivity index (χ0v) is 20.1. The van der Waals surface area contributed by atoms with Crippen molar-refractivity contribution in [3.8, 4) is 0 Å². The minimum Gasteiger partial charge on any atom is -0.332 e. The quantitative estimate of drug-likeness (QED) is 0.386. The summed E-state index contributed by atoms with van der Waals surface area (Å²) in [7, 11) is -4.05. The molecule has 1 fully saturated rings. The van der Waals surface area contributed by atoms with Crippen LogP contribution in [-0.4, -0.2) is 35.7 Å². The van der Waals surface area contributed by atoms with Crippen molar-refractivity contribution in [3.63, 3.8) is 0 Å². The van der Waals surface area contributed by atoms with E-state index in [0.717, 1.165) is 37.3 Å². The van der Waals surface area contributed by atoms with Crippen LogP contribution in [0.5, 0.6) is 0 Å². The zero-order valence-electron chi connectivity index (χ0n) is 19.3. The molecule has 1 aliphatic rings. The highest BCUT2D eigenvalue weighted by molar-refractivity contribution is 7.92. The van der Waals surface area contributed by atoms with Gasteiger partial charge in [0.15, 0.2) is 0 Å². The highest BCUT2D eigenvalue weighted by atomic mass is 32.2. The lowest BCUT2D eigenvalue weighted by atomic mass is 10.0. The molecule has 3 aromatic rings. The summed E-state index contributed by atoms with van der Waals surface area (Å²) in [5, 5.41) is 11.2. The maximum absolute atomic E-state index is 13.4. The second-order valence-electron chi connectivity index (χ2n) is 8.53. The predicted octanol–water partition coefficient (Wildman–Crippen LogP) is 4.86. The number of anilines is 1. The number of nitro benzene ring substituents is 1. The molecule has 1 amide bonds. The molecule has 0 saturated carbocycles. The van der Waals surface area contributed by atoms with E-state index in [2.05, 4.69) is 9.71 Å². The van der Waals surface area contributed by atoms with Gasteiger partial charge in [-0.25, -0.2) is 8.42 Å². The highest BCUT2D eigenvalue weighted by Gasteiger charge is 2.28. The van der Waals surface area contributed by atoms with Crippen LogP contribution < -0.4 is 4.72 Å². The molecule has 2 aromatic carbocycles. The molecule has 0 radical (unpaired) electrons. The molecule has 2 heterocycles. The van der Waals surface area contributed by atoms with Gasteiger partial charge in [0.25, 0.3) is 21.6 Å². The fourth-order valence-corrected chi connectivity index (χ4v) is 5.38. The Labute approximate surface area is 204 Å². The topological polar surface area (TPSA) is 123 Å². The molecule has 1 unspecified atom stereocenters. The first-order valence-electron chi connectivity index (χ1n) is 11.3. The lowest BCUT2D eigenvalue weighted by molar-refractivity contribution is -0.385. The Balaban J connectivity index is 1.54. The smallest absolute Gasteiger partial charge is 0.273 e. The number of carbonyl (C=O) groups excluding carboxylic acids is 1. The molecule has 9 nitrogen and oxygen atoms in total. The van der Waals surface area contributed by atoms with E-state index in [-0.39, 0.29) is 28.2 Å². The number of nitro groups is 1. The zero-order chi connectivity index (χ0) is 25.0. The number of aromatic nitrogens is 1. The summed E-state index contributed by atoms with van der Waals surface area (Å²) in [4.78, 5) is 29.7. The first kappa shape index (κ1) is 24.3. The molecule has 4 rings (SSSR count). The molecular weight excluding hydrogens is 468 g/mol. The van der Waals surface area contributed by atoms with Crippen LogP contribution in [0, 0.1) is 17.0 Å². The van der Waals surface area contributed by atoms with Gasteiger partial charge in [0, 0.05) is 41.8 Å². The first-order valence-corrected chi connectivity index (χ1v) is 12.8. The van der Waals surface area contributed by atoms with Crippen LogP contribution in [0.15, 0.2) is 71.9 Å². The van der Waals surface area contributed by atoms with Crippen molar-refractivity contribution < 1.29 is 18.1 Å². The van der Waals surface area contributed by atoms with E-state index in [9.17, 15) is 23.3 Å². The first-order chi connectivity index (χ1) is 16.8. The number of likely N-dealkylation sites (tertiary alicyclic amines) is 1. The number of pyridine rings is 1. The largest absolute Gasteiger partial charge is 0.332 e. The monoisotopic (exact) mass is 494 g/mol. The van der Waals surface area contributed by atoms with Gasteiger partial charge in [-0.2, -0.15) is 0 Å². The second-order valence-corrected chi connectivity index (χ2v) is 10.2. The van der Waals surface area contributed by atoms with Crippen molar-refractivity contribution in [1.82, 2.24) is 9.88 Å². The van der Waals surface area contributed by atoms with Gasteiger partial charge >= 0.3 is 0 Å². The SMILES string of the molecule is Cc1ccc(S(=O)(=O)Nc2ccc(C(=O)N3CCCCCC3c3ccncc3)cc2)cc1[N+](=O)[O-]. The number of benzene rings is 2. The third kappa shape index (κ3) is 5.48. The maximum Gasteiger partial charge on any atom is 0.273 e. The third-order valence-electron chi connectivity index (χ3n) is 6.18. The highest BCUT2D eigenvalue weighted by Crippen LogP contribution is 2.31. The molecule has 0 bridgehead atoms. The molecule has 10 heteroatoms. The summed E-state index contributed by atoms with van der Waals surface area (Å²) < 4.78 is 28.0. The standard InChI is InChI=1S/C25H26N4O5S/c1-18-6-11-22(17-24(18)29(31)32)35(33,34)27-21-9-7-20(8-10-21)25(30)28-16-4-2-3-5-23(28)19-12-14-26-15-13-19/h6-15,17,23,27H,2-5,16H2,1H3. The molecule has 35 heavy (non-hydrogen) atoms. The summed E-state index contributed by atoms with van der Waals surface area (Å²) in [5.41, 5.74) is 1.86. The van der Waals surface area contributed by atoms with Crippen molar-refractivity contribution in [1.29, 1.82) is 0 Å². The Hall–Kier alpha value is -3.79. The summed E-state index contributed by atoms with van der Waals surface area (Å²) in [6.45, 7) is 2.19.